The molecule has 0 aliphatic carbocycles. The van der Waals surface area contributed by atoms with Crippen molar-refractivity contribution in [1.29, 1.82) is 0 Å². The first-order chi connectivity index (χ1) is 18.5. The Bertz CT molecular complexity index is 1480. The lowest BCUT2D eigenvalue weighted by molar-refractivity contribution is -0.122. The summed E-state index contributed by atoms with van der Waals surface area (Å²) in [6, 6.07) is 33.5. The number of carbonyl (C=O) groups excluding carboxylic acids is 1. The molecule has 1 aliphatic heterocycles. The normalized spacial score (nSPS) is 15.4. The first kappa shape index (κ1) is 26.3. The van der Waals surface area contributed by atoms with Gasteiger partial charge in [0.1, 0.15) is 12.4 Å². The van der Waals surface area contributed by atoms with Crippen molar-refractivity contribution >= 4 is 56.4 Å². The largest absolute Gasteiger partial charge is 0.487 e. The van der Waals surface area contributed by atoms with Crippen molar-refractivity contribution in [3.8, 4) is 5.75 Å². The molecule has 0 aromatic heterocycles. The van der Waals surface area contributed by atoms with Gasteiger partial charge in [0.2, 0.25) is 0 Å². The van der Waals surface area contributed by atoms with Gasteiger partial charge in [0.25, 0.3) is 5.91 Å². The van der Waals surface area contributed by atoms with E-state index < -0.39 is 0 Å². The van der Waals surface area contributed by atoms with Gasteiger partial charge in [-0.15, -0.1) is 0 Å². The van der Waals surface area contributed by atoms with E-state index in [2.05, 4.69) is 15.9 Å². The van der Waals surface area contributed by atoms with E-state index in [1.54, 1.807) is 4.90 Å². The first-order valence-electron chi connectivity index (χ1n) is 12.1. The van der Waals surface area contributed by atoms with Crippen molar-refractivity contribution < 1.29 is 9.53 Å². The van der Waals surface area contributed by atoms with Crippen molar-refractivity contribution in [2.45, 2.75) is 19.7 Å². The van der Waals surface area contributed by atoms with E-state index in [9.17, 15) is 4.79 Å². The number of rotatable bonds is 8. The summed E-state index contributed by atoms with van der Waals surface area (Å²) < 4.78 is 6.94. The van der Waals surface area contributed by atoms with Crippen LogP contribution in [-0.4, -0.2) is 16.0 Å². The SMILES string of the molecule is O=C1/C(=C\c2ccc(OCc3ccc(Br)cc3)c(Cl)c2)SC(=NCc2ccccc2)N1Cc1ccccc1. The van der Waals surface area contributed by atoms with Crippen LogP contribution in [0.2, 0.25) is 5.02 Å². The van der Waals surface area contributed by atoms with E-state index in [1.807, 2.05) is 109 Å². The fraction of sp³-hybridized carbons (Fsp3) is 0.0968. The molecule has 0 atom stereocenters. The molecular formula is C31H24BrClN2O2S. The highest BCUT2D eigenvalue weighted by molar-refractivity contribution is 9.10. The maximum absolute atomic E-state index is 13.5. The van der Waals surface area contributed by atoms with E-state index in [0.29, 0.717) is 40.5 Å². The fourth-order valence-electron chi connectivity index (χ4n) is 3.89. The molecule has 1 amide bonds. The summed E-state index contributed by atoms with van der Waals surface area (Å²) >= 11 is 11.4. The maximum Gasteiger partial charge on any atom is 0.267 e. The van der Waals surface area contributed by atoms with Crippen molar-refractivity contribution in [3.05, 3.63) is 140 Å². The molecule has 1 saturated heterocycles. The number of benzene rings is 4. The number of thioether (sulfide) groups is 1. The third-order valence-corrected chi connectivity index (χ3v) is 7.74. The molecule has 0 bridgehead atoms. The van der Waals surface area contributed by atoms with Crippen molar-refractivity contribution in [1.82, 2.24) is 4.90 Å². The van der Waals surface area contributed by atoms with E-state index in [-0.39, 0.29) is 5.91 Å². The zero-order valence-corrected chi connectivity index (χ0v) is 23.5. The lowest BCUT2D eigenvalue weighted by Gasteiger charge is -2.15. The highest BCUT2D eigenvalue weighted by atomic mass is 79.9. The molecule has 0 N–H and O–H groups in total. The van der Waals surface area contributed by atoms with Crippen LogP contribution in [0, 0.1) is 0 Å². The number of ether oxygens (including phenoxy) is 1. The van der Waals surface area contributed by atoms with E-state index >= 15 is 0 Å². The van der Waals surface area contributed by atoms with Crippen LogP contribution in [0.3, 0.4) is 0 Å². The molecule has 4 aromatic rings. The highest BCUT2D eigenvalue weighted by Crippen LogP contribution is 2.35. The molecule has 1 aliphatic rings. The lowest BCUT2D eigenvalue weighted by atomic mass is 10.2. The van der Waals surface area contributed by atoms with Gasteiger partial charge in [-0.2, -0.15) is 0 Å². The van der Waals surface area contributed by atoms with E-state index in [1.165, 1.54) is 11.8 Å². The summed E-state index contributed by atoms with van der Waals surface area (Å²) in [5, 5.41) is 1.18. The molecule has 0 spiro atoms. The zero-order valence-electron chi connectivity index (χ0n) is 20.4. The second-order valence-corrected chi connectivity index (χ2v) is 11.0. The molecule has 1 fully saturated rings. The fourth-order valence-corrected chi connectivity index (χ4v) is 5.37. The molecule has 4 nitrogen and oxygen atoms in total. The summed E-state index contributed by atoms with van der Waals surface area (Å²) in [5.41, 5.74) is 4.01. The number of carbonyl (C=O) groups is 1. The second kappa shape index (κ2) is 12.5. The van der Waals surface area contributed by atoms with Gasteiger partial charge >= 0.3 is 0 Å². The topological polar surface area (TPSA) is 41.9 Å². The molecule has 38 heavy (non-hydrogen) atoms. The highest BCUT2D eigenvalue weighted by Gasteiger charge is 2.33. The zero-order chi connectivity index (χ0) is 26.3. The van der Waals surface area contributed by atoms with Crippen molar-refractivity contribution in [3.63, 3.8) is 0 Å². The first-order valence-corrected chi connectivity index (χ1v) is 14.0. The van der Waals surface area contributed by atoms with Crippen LogP contribution in [0.15, 0.2) is 117 Å². The number of amides is 1. The Morgan fingerprint density at radius 2 is 1.55 bits per heavy atom. The Kier molecular flexibility index (Phi) is 8.64. The minimum absolute atomic E-state index is 0.0719. The van der Waals surface area contributed by atoms with E-state index in [4.69, 9.17) is 21.3 Å². The molecule has 0 unspecified atom stereocenters. The van der Waals surface area contributed by atoms with Crippen molar-refractivity contribution in [2.75, 3.05) is 0 Å². The molecule has 1 heterocycles. The summed E-state index contributed by atoms with van der Waals surface area (Å²) in [4.78, 5) is 20.6. The Hall–Kier alpha value is -3.32. The summed E-state index contributed by atoms with van der Waals surface area (Å²) in [5.74, 6) is 0.523. The van der Waals surface area contributed by atoms with Crippen LogP contribution >= 0.6 is 39.3 Å². The van der Waals surface area contributed by atoms with Gasteiger partial charge in [0.05, 0.1) is 23.0 Å². The average molecular weight is 604 g/mol. The molecule has 7 heteroatoms. The maximum atomic E-state index is 13.5. The molecule has 4 aromatic carbocycles. The lowest BCUT2D eigenvalue weighted by Crippen LogP contribution is -2.28. The predicted molar refractivity (Wildman–Crippen MR) is 160 cm³/mol. The second-order valence-electron chi connectivity index (χ2n) is 8.68. The van der Waals surface area contributed by atoms with Crippen LogP contribution in [0.1, 0.15) is 22.3 Å². The summed E-state index contributed by atoms with van der Waals surface area (Å²) in [7, 11) is 0. The number of amidine groups is 1. The standard InChI is InChI=1S/C31H24BrClN2O2S/c32-26-14-11-24(12-15-26)21-37-28-16-13-25(17-27(28)33)18-29-30(36)35(20-23-9-5-2-6-10-23)31(38-29)34-19-22-7-3-1-4-8-22/h1-18H,19-21H2/b29-18+,34-31?. The van der Waals surface area contributed by atoms with Crippen LogP contribution < -0.4 is 4.74 Å². The van der Waals surface area contributed by atoms with Crippen molar-refractivity contribution in [2.24, 2.45) is 4.99 Å². The predicted octanol–water partition coefficient (Wildman–Crippen LogP) is 8.35. The average Bonchev–Trinajstić information content (AvgIpc) is 3.22. The van der Waals surface area contributed by atoms with Crippen LogP contribution in [0.4, 0.5) is 0 Å². The van der Waals surface area contributed by atoms with Gasteiger partial charge in [-0.05, 0) is 64.4 Å². The van der Waals surface area contributed by atoms with Gasteiger partial charge in [-0.25, -0.2) is 0 Å². The van der Waals surface area contributed by atoms with Gasteiger partial charge in [-0.1, -0.05) is 106 Å². The van der Waals surface area contributed by atoms with Crippen LogP contribution in [0.25, 0.3) is 6.08 Å². The molecule has 0 radical (unpaired) electrons. The van der Waals surface area contributed by atoms with Gasteiger partial charge in [0.15, 0.2) is 5.17 Å². The third kappa shape index (κ3) is 6.76. The molecular weight excluding hydrogens is 580 g/mol. The minimum Gasteiger partial charge on any atom is -0.487 e. The Balaban J connectivity index is 1.34. The summed E-state index contributed by atoms with van der Waals surface area (Å²) in [6.45, 7) is 1.38. The third-order valence-electron chi connectivity index (χ3n) is 5.87. The Morgan fingerprint density at radius 1 is 0.868 bits per heavy atom. The number of halogens is 2. The van der Waals surface area contributed by atoms with Crippen LogP contribution in [-0.2, 0) is 24.5 Å². The van der Waals surface area contributed by atoms with E-state index in [0.717, 1.165) is 26.7 Å². The Morgan fingerprint density at radius 3 is 2.24 bits per heavy atom. The Labute approximate surface area is 240 Å². The summed E-state index contributed by atoms with van der Waals surface area (Å²) in [6.07, 6.45) is 1.86. The quantitative estimate of drug-likeness (QED) is 0.190. The number of hydrogen-bond donors (Lipinski definition) is 0. The van der Waals surface area contributed by atoms with Crippen LogP contribution in [0.5, 0.6) is 5.75 Å². The van der Waals surface area contributed by atoms with Gasteiger partial charge in [-0.3, -0.25) is 14.7 Å². The number of aliphatic imine (C=N–C) groups is 1. The molecule has 5 rings (SSSR count). The monoisotopic (exact) mass is 602 g/mol. The van der Waals surface area contributed by atoms with Gasteiger partial charge in [0, 0.05) is 4.47 Å². The number of hydrogen-bond acceptors (Lipinski definition) is 4. The molecule has 190 valence electrons. The van der Waals surface area contributed by atoms with Gasteiger partial charge < -0.3 is 4.74 Å². The molecule has 0 saturated carbocycles. The number of nitrogens with zero attached hydrogens (tertiary/aromatic N) is 2. The smallest absolute Gasteiger partial charge is 0.267 e. The minimum atomic E-state index is -0.0719.